The number of benzene rings is 2. The first-order valence-electron chi connectivity index (χ1n) is 14.2. The molecule has 1 heterocycles. The summed E-state index contributed by atoms with van der Waals surface area (Å²) in [5.74, 6) is 1.07. The van der Waals surface area contributed by atoms with Crippen molar-refractivity contribution in [3.8, 4) is 28.4 Å². The molecule has 7 heteroatoms. The summed E-state index contributed by atoms with van der Waals surface area (Å²) in [4.78, 5) is 29.3. The van der Waals surface area contributed by atoms with Gasteiger partial charge in [-0.25, -0.2) is 4.98 Å². The highest BCUT2D eigenvalue weighted by molar-refractivity contribution is 5.99. The molecule has 7 nitrogen and oxygen atoms in total. The summed E-state index contributed by atoms with van der Waals surface area (Å²) in [5.41, 5.74) is 3.13. The van der Waals surface area contributed by atoms with Crippen LogP contribution < -0.4 is 10.1 Å². The number of nitrogens with zero attached hydrogens (tertiary/aromatic N) is 2. The number of carbonyl (C=O) groups is 2. The molecule has 0 spiro atoms. The molecule has 0 radical (unpaired) electrons. The number of hydrogen-bond donors (Lipinski definition) is 2. The van der Waals surface area contributed by atoms with Crippen molar-refractivity contribution in [1.29, 1.82) is 0 Å². The van der Waals surface area contributed by atoms with E-state index in [4.69, 9.17) is 14.8 Å². The van der Waals surface area contributed by atoms with E-state index in [1.165, 1.54) is 0 Å². The predicted octanol–water partition coefficient (Wildman–Crippen LogP) is 7.21. The number of rotatable bonds is 17. The zero-order valence-electron chi connectivity index (χ0n) is 23.6. The van der Waals surface area contributed by atoms with E-state index in [0.717, 1.165) is 74.1 Å². The van der Waals surface area contributed by atoms with Crippen molar-refractivity contribution in [2.45, 2.75) is 78.2 Å². The maximum absolute atomic E-state index is 13.7. The molecule has 0 atom stereocenters. The van der Waals surface area contributed by atoms with Crippen molar-refractivity contribution in [1.82, 2.24) is 14.9 Å². The van der Waals surface area contributed by atoms with Crippen LogP contribution in [-0.2, 0) is 11.3 Å². The molecule has 210 valence electrons. The number of methoxy groups -OCH3 is 1. The topological polar surface area (TPSA) is 93.5 Å². The Hall–Kier alpha value is -3.61. The standard InChI is InChI=1S/C32H43N3O4/c1-24(2)23-35-30(32(38)33-22-14-9-7-5-4-6-8-13-17-28(36)37)29(25-18-20-27(39-3)21-19-25)34-31(35)26-15-11-10-12-16-26/h10-12,15-16,18-21,24H,4-9,13-14,17,22-23H2,1-3H3,(H,33,38)(H,36,37). The van der Waals surface area contributed by atoms with Crippen LogP contribution >= 0.6 is 0 Å². The molecule has 0 saturated carbocycles. The van der Waals surface area contributed by atoms with Gasteiger partial charge in [-0.05, 0) is 43.0 Å². The maximum atomic E-state index is 13.7. The molecule has 39 heavy (non-hydrogen) atoms. The molecule has 0 saturated heterocycles. The van der Waals surface area contributed by atoms with E-state index in [1.807, 2.05) is 54.6 Å². The van der Waals surface area contributed by atoms with Gasteiger partial charge in [-0.2, -0.15) is 0 Å². The molecular weight excluding hydrogens is 490 g/mol. The normalized spacial score (nSPS) is 11.1. The lowest BCUT2D eigenvalue weighted by molar-refractivity contribution is -0.137. The zero-order chi connectivity index (χ0) is 28.0. The smallest absolute Gasteiger partial charge is 0.303 e. The second-order valence-corrected chi connectivity index (χ2v) is 10.5. The average Bonchev–Trinajstić information content (AvgIpc) is 3.30. The van der Waals surface area contributed by atoms with Gasteiger partial charge in [-0.1, -0.05) is 82.7 Å². The van der Waals surface area contributed by atoms with E-state index in [9.17, 15) is 9.59 Å². The number of amides is 1. The quantitative estimate of drug-likeness (QED) is 0.179. The van der Waals surface area contributed by atoms with Crippen molar-refractivity contribution in [2.24, 2.45) is 5.92 Å². The first-order valence-corrected chi connectivity index (χ1v) is 14.2. The van der Waals surface area contributed by atoms with Crippen LogP contribution in [0.3, 0.4) is 0 Å². The van der Waals surface area contributed by atoms with Crippen LogP contribution in [0.1, 0.15) is 82.1 Å². The van der Waals surface area contributed by atoms with Gasteiger partial charge in [0, 0.05) is 30.6 Å². The number of carboxylic acid groups (broad SMARTS) is 1. The predicted molar refractivity (Wildman–Crippen MR) is 156 cm³/mol. The van der Waals surface area contributed by atoms with Gasteiger partial charge in [0.25, 0.3) is 5.91 Å². The third-order valence-corrected chi connectivity index (χ3v) is 6.73. The lowest BCUT2D eigenvalue weighted by atomic mass is 10.1. The lowest BCUT2D eigenvalue weighted by Crippen LogP contribution is -2.28. The largest absolute Gasteiger partial charge is 0.497 e. The van der Waals surface area contributed by atoms with Gasteiger partial charge >= 0.3 is 5.97 Å². The SMILES string of the molecule is COc1ccc(-c2nc(-c3ccccc3)n(CC(C)C)c2C(=O)NCCCCCCCCCCC(=O)O)cc1. The summed E-state index contributed by atoms with van der Waals surface area (Å²) in [6, 6.07) is 17.7. The third kappa shape index (κ3) is 9.27. The van der Waals surface area contributed by atoms with Gasteiger partial charge in [0.15, 0.2) is 0 Å². The Kier molecular flexibility index (Phi) is 12.1. The highest BCUT2D eigenvalue weighted by Gasteiger charge is 2.25. The Morgan fingerprint density at radius 2 is 1.49 bits per heavy atom. The highest BCUT2D eigenvalue weighted by Crippen LogP contribution is 2.31. The first kappa shape index (κ1) is 29.9. The Bertz CT molecular complexity index is 1170. The van der Waals surface area contributed by atoms with E-state index in [-0.39, 0.29) is 12.3 Å². The molecule has 0 unspecified atom stereocenters. The summed E-state index contributed by atoms with van der Waals surface area (Å²) in [7, 11) is 1.64. The van der Waals surface area contributed by atoms with Crippen LogP contribution in [0.2, 0.25) is 0 Å². The number of unbranched alkanes of at least 4 members (excludes halogenated alkanes) is 7. The second kappa shape index (κ2) is 15.7. The monoisotopic (exact) mass is 533 g/mol. The Morgan fingerprint density at radius 1 is 0.872 bits per heavy atom. The van der Waals surface area contributed by atoms with Crippen LogP contribution in [-0.4, -0.2) is 40.2 Å². The van der Waals surface area contributed by atoms with Gasteiger partial charge in [0.05, 0.1) is 7.11 Å². The van der Waals surface area contributed by atoms with E-state index in [0.29, 0.717) is 30.4 Å². The van der Waals surface area contributed by atoms with Gasteiger partial charge < -0.3 is 19.7 Å². The summed E-state index contributed by atoms with van der Waals surface area (Å²) < 4.78 is 7.40. The number of aliphatic carboxylic acids is 1. The zero-order valence-corrected chi connectivity index (χ0v) is 23.6. The number of carboxylic acids is 1. The molecule has 0 bridgehead atoms. The highest BCUT2D eigenvalue weighted by atomic mass is 16.5. The molecule has 0 aliphatic carbocycles. The molecule has 2 N–H and O–H groups in total. The summed E-state index contributed by atoms with van der Waals surface area (Å²) in [6.45, 7) is 5.60. The van der Waals surface area contributed by atoms with Crippen LogP contribution in [0.25, 0.3) is 22.6 Å². The fourth-order valence-corrected chi connectivity index (χ4v) is 4.73. The van der Waals surface area contributed by atoms with Gasteiger partial charge in [-0.15, -0.1) is 0 Å². The fourth-order valence-electron chi connectivity index (χ4n) is 4.73. The van der Waals surface area contributed by atoms with E-state index in [1.54, 1.807) is 7.11 Å². The number of ether oxygens (including phenoxy) is 1. The van der Waals surface area contributed by atoms with Crippen molar-refractivity contribution in [3.63, 3.8) is 0 Å². The molecule has 3 aromatic rings. The molecule has 0 fully saturated rings. The van der Waals surface area contributed by atoms with Crippen LogP contribution in [0.5, 0.6) is 5.75 Å². The van der Waals surface area contributed by atoms with Crippen molar-refractivity contribution < 1.29 is 19.4 Å². The van der Waals surface area contributed by atoms with Crippen molar-refractivity contribution in [3.05, 3.63) is 60.3 Å². The molecule has 2 aromatic carbocycles. The molecule has 0 aliphatic heterocycles. The average molecular weight is 534 g/mol. The summed E-state index contributed by atoms with van der Waals surface area (Å²) >= 11 is 0. The van der Waals surface area contributed by atoms with Crippen LogP contribution in [0.4, 0.5) is 0 Å². The fraction of sp³-hybridized carbons (Fsp3) is 0.469. The summed E-state index contributed by atoms with van der Waals surface area (Å²) in [5, 5.41) is 11.9. The molecule has 0 aliphatic rings. The van der Waals surface area contributed by atoms with Crippen LogP contribution in [0.15, 0.2) is 54.6 Å². The summed E-state index contributed by atoms with van der Waals surface area (Å²) in [6.07, 6.45) is 8.47. The van der Waals surface area contributed by atoms with E-state index >= 15 is 0 Å². The maximum Gasteiger partial charge on any atom is 0.303 e. The molecule has 1 aromatic heterocycles. The number of aromatic nitrogens is 2. The molecular formula is C32H43N3O4. The van der Waals surface area contributed by atoms with Crippen molar-refractivity contribution >= 4 is 11.9 Å². The van der Waals surface area contributed by atoms with Crippen LogP contribution in [0, 0.1) is 5.92 Å². The first-order chi connectivity index (χ1) is 18.9. The second-order valence-electron chi connectivity index (χ2n) is 10.5. The lowest BCUT2D eigenvalue weighted by Gasteiger charge is -2.15. The Morgan fingerprint density at radius 3 is 2.08 bits per heavy atom. The molecule has 1 amide bonds. The van der Waals surface area contributed by atoms with Gasteiger partial charge in [0.2, 0.25) is 0 Å². The van der Waals surface area contributed by atoms with E-state index in [2.05, 4.69) is 23.7 Å². The third-order valence-electron chi connectivity index (χ3n) is 6.73. The minimum Gasteiger partial charge on any atom is -0.497 e. The number of carbonyl (C=O) groups excluding carboxylic acids is 1. The van der Waals surface area contributed by atoms with E-state index < -0.39 is 5.97 Å². The number of nitrogens with one attached hydrogen (secondary N) is 1. The minimum absolute atomic E-state index is 0.102. The van der Waals surface area contributed by atoms with Gasteiger partial charge in [-0.3, -0.25) is 9.59 Å². The van der Waals surface area contributed by atoms with Crippen molar-refractivity contribution in [2.75, 3.05) is 13.7 Å². The Balaban J connectivity index is 1.69. The Labute approximate surface area is 232 Å². The van der Waals surface area contributed by atoms with Gasteiger partial charge in [0.1, 0.15) is 23.0 Å². The molecule has 3 rings (SSSR count). The number of hydrogen-bond acceptors (Lipinski definition) is 4. The minimum atomic E-state index is -0.711. The number of imidazole rings is 1.